The minimum atomic E-state index is -0.387. The molecule has 1 N–H and O–H groups in total. The molecule has 1 heterocycles. The molecule has 0 saturated carbocycles. The molecule has 16 heavy (non-hydrogen) atoms. The third-order valence-electron chi connectivity index (χ3n) is 2.07. The Morgan fingerprint density at radius 3 is 2.94 bits per heavy atom. The van der Waals surface area contributed by atoms with Crippen LogP contribution in [0.4, 0.5) is 5.69 Å². The zero-order valence-corrected chi connectivity index (χ0v) is 10.1. The molecule has 0 aliphatic rings. The monoisotopic (exact) mass is 242 g/mol. The number of pyridine rings is 1. The van der Waals surface area contributed by atoms with Gasteiger partial charge in [-0.3, -0.25) is 0 Å². The second kappa shape index (κ2) is 6.33. The first kappa shape index (κ1) is 12.8. The Labute approximate surface area is 100.0 Å². The Hall–Kier alpha value is -1.29. The van der Waals surface area contributed by atoms with Crippen molar-refractivity contribution in [1.29, 1.82) is 0 Å². The van der Waals surface area contributed by atoms with E-state index in [2.05, 4.69) is 10.3 Å². The van der Waals surface area contributed by atoms with E-state index >= 15 is 0 Å². The van der Waals surface area contributed by atoms with Gasteiger partial charge >= 0.3 is 5.97 Å². The number of carbonyl (C=O) groups excluding carboxylic acids is 1. The predicted molar refractivity (Wildman–Crippen MR) is 63.6 cm³/mol. The molecule has 0 radical (unpaired) electrons. The van der Waals surface area contributed by atoms with Gasteiger partial charge in [-0.25, -0.2) is 9.78 Å². The van der Waals surface area contributed by atoms with E-state index in [0.717, 1.165) is 0 Å². The smallest absolute Gasteiger partial charge is 0.328 e. The minimum Gasteiger partial charge on any atom is -0.464 e. The van der Waals surface area contributed by atoms with Crippen molar-refractivity contribution in [1.82, 2.24) is 4.98 Å². The third-order valence-corrected chi connectivity index (χ3v) is 2.37. The number of hydrogen-bond donors (Lipinski definition) is 1. The van der Waals surface area contributed by atoms with Crippen LogP contribution >= 0.6 is 11.6 Å². The first-order valence-corrected chi connectivity index (χ1v) is 5.60. The number of hydrogen-bond acceptors (Lipinski definition) is 4. The number of ether oxygens (including phenoxy) is 1. The second-order valence-electron chi connectivity index (χ2n) is 3.20. The van der Waals surface area contributed by atoms with E-state index < -0.39 is 0 Å². The lowest BCUT2D eigenvalue weighted by atomic mass is 10.2. The van der Waals surface area contributed by atoms with Crippen LogP contribution in [0.2, 0.25) is 5.15 Å². The average molecular weight is 243 g/mol. The second-order valence-corrected chi connectivity index (χ2v) is 3.56. The van der Waals surface area contributed by atoms with Crippen LogP contribution < -0.4 is 5.32 Å². The fourth-order valence-corrected chi connectivity index (χ4v) is 1.43. The van der Waals surface area contributed by atoms with Gasteiger partial charge in [-0.15, -0.1) is 0 Å². The number of halogens is 1. The van der Waals surface area contributed by atoms with Gasteiger partial charge in [-0.2, -0.15) is 0 Å². The van der Waals surface area contributed by atoms with Crippen molar-refractivity contribution >= 4 is 23.3 Å². The van der Waals surface area contributed by atoms with Gasteiger partial charge in [-0.05, 0) is 25.5 Å². The molecular formula is C11H15ClN2O2. The molecule has 1 rings (SSSR count). The predicted octanol–water partition coefficient (Wildman–Crippen LogP) is 2.49. The molecule has 0 spiro atoms. The molecule has 0 bridgehead atoms. The van der Waals surface area contributed by atoms with Crippen molar-refractivity contribution in [2.75, 3.05) is 11.9 Å². The van der Waals surface area contributed by atoms with Gasteiger partial charge in [0.25, 0.3) is 0 Å². The fourth-order valence-electron chi connectivity index (χ4n) is 1.25. The number of rotatable bonds is 5. The van der Waals surface area contributed by atoms with Crippen molar-refractivity contribution in [3.63, 3.8) is 0 Å². The summed E-state index contributed by atoms with van der Waals surface area (Å²) >= 11 is 5.88. The van der Waals surface area contributed by atoms with Crippen LogP contribution in [-0.4, -0.2) is 23.6 Å². The van der Waals surface area contributed by atoms with E-state index in [4.69, 9.17) is 16.3 Å². The van der Waals surface area contributed by atoms with Gasteiger partial charge in [0.1, 0.15) is 6.04 Å². The van der Waals surface area contributed by atoms with Crippen molar-refractivity contribution in [3.05, 3.63) is 23.5 Å². The number of aromatic nitrogens is 1. The van der Waals surface area contributed by atoms with Crippen molar-refractivity contribution in [3.8, 4) is 0 Å². The zero-order chi connectivity index (χ0) is 12.0. The summed E-state index contributed by atoms with van der Waals surface area (Å²) in [6, 6.07) is 3.14. The maximum absolute atomic E-state index is 11.5. The van der Waals surface area contributed by atoms with Gasteiger partial charge in [-0.1, -0.05) is 18.5 Å². The van der Waals surface area contributed by atoms with Crippen molar-refractivity contribution < 1.29 is 9.53 Å². The van der Waals surface area contributed by atoms with Crippen molar-refractivity contribution in [2.45, 2.75) is 26.3 Å². The van der Waals surface area contributed by atoms with Crippen LogP contribution in [0.25, 0.3) is 0 Å². The molecule has 1 unspecified atom stereocenters. The highest BCUT2D eigenvalue weighted by molar-refractivity contribution is 6.32. The summed E-state index contributed by atoms with van der Waals surface area (Å²) in [5.41, 5.74) is 0.643. The lowest BCUT2D eigenvalue weighted by Crippen LogP contribution is -2.30. The Bertz CT molecular complexity index is 358. The maximum atomic E-state index is 11.5. The van der Waals surface area contributed by atoms with Gasteiger partial charge in [0.05, 0.1) is 12.3 Å². The number of nitrogens with one attached hydrogen (secondary N) is 1. The molecule has 0 saturated heterocycles. The molecule has 0 aliphatic carbocycles. The van der Waals surface area contributed by atoms with E-state index in [-0.39, 0.29) is 12.0 Å². The van der Waals surface area contributed by atoms with Crippen LogP contribution in [0.15, 0.2) is 18.3 Å². The van der Waals surface area contributed by atoms with Crippen LogP contribution in [0.3, 0.4) is 0 Å². The molecular weight excluding hydrogens is 228 g/mol. The zero-order valence-electron chi connectivity index (χ0n) is 9.37. The molecule has 1 aromatic rings. The quantitative estimate of drug-likeness (QED) is 0.637. The lowest BCUT2D eigenvalue weighted by Gasteiger charge is -2.16. The van der Waals surface area contributed by atoms with E-state index in [1.165, 1.54) is 0 Å². The summed E-state index contributed by atoms with van der Waals surface area (Å²) in [5.74, 6) is -0.273. The standard InChI is InChI=1S/C11H15ClN2O2/c1-3-8(11(15)16-4-2)14-9-6-5-7-13-10(9)12/h5-8,14H,3-4H2,1-2H3. The number of esters is 1. The summed E-state index contributed by atoms with van der Waals surface area (Å²) in [4.78, 5) is 15.5. The van der Waals surface area contributed by atoms with Gasteiger partial charge in [0.15, 0.2) is 5.15 Å². The van der Waals surface area contributed by atoms with E-state index in [9.17, 15) is 4.79 Å². The topological polar surface area (TPSA) is 51.2 Å². The summed E-state index contributed by atoms with van der Waals surface area (Å²) in [7, 11) is 0. The molecule has 0 aromatic carbocycles. The number of anilines is 1. The molecule has 88 valence electrons. The lowest BCUT2D eigenvalue weighted by molar-refractivity contribution is -0.144. The molecule has 1 aromatic heterocycles. The van der Waals surface area contributed by atoms with E-state index in [1.54, 1.807) is 25.3 Å². The Kier molecular flexibility index (Phi) is 5.05. The van der Waals surface area contributed by atoms with Crippen LogP contribution in [0.1, 0.15) is 20.3 Å². The molecule has 0 amide bonds. The minimum absolute atomic E-state index is 0.273. The Morgan fingerprint density at radius 1 is 1.62 bits per heavy atom. The van der Waals surface area contributed by atoms with Gasteiger partial charge in [0, 0.05) is 6.20 Å². The summed E-state index contributed by atoms with van der Waals surface area (Å²) < 4.78 is 4.94. The SMILES string of the molecule is CCOC(=O)C(CC)Nc1cccnc1Cl. The molecule has 1 atom stereocenters. The molecule has 0 aliphatic heterocycles. The Balaban J connectivity index is 2.70. The summed E-state index contributed by atoms with van der Waals surface area (Å²) in [5, 5.41) is 3.36. The number of nitrogens with zero attached hydrogens (tertiary/aromatic N) is 1. The average Bonchev–Trinajstić information content (AvgIpc) is 2.28. The van der Waals surface area contributed by atoms with E-state index in [1.807, 2.05) is 6.92 Å². The largest absolute Gasteiger partial charge is 0.464 e. The molecule has 0 fully saturated rings. The fraction of sp³-hybridized carbons (Fsp3) is 0.455. The van der Waals surface area contributed by atoms with Crippen LogP contribution in [0, 0.1) is 0 Å². The maximum Gasteiger partial charge on any atom is 0.328 e. The summed E-state index contributed by atoms with van der Waals surface area (Å²) in [6.07, 6.45) is 2.23. The number of carbonyl (C=O) groups is 1. The molecule has 4 nitrogen and oxygen atoms in total. The normalized spacial score (nSPS) is 11.9. The third kappa shape index (κ3) is 3.38. The van der Waals surface area contributed by atoms with Crippen molar-refractivity contribution in [2.24, 2.45) is 0 Å². The highest BCUT2D eigenvalue weighted by Crippen LogP contribution is 2.19. The first-order valence-electron chi connectivity index (χ1n) is 5.22. The highest BCUT2D eigenvalue weighted by Gasteiger charge is 2.18. The summed E-state index contributed by atoms with van der Waals surface area (Å²) in [6.45, 7) is 4.05. The Morgan fingerprint density at radius 2 is 2.38 bits per heavy atom. The first-order chi connectivity index (χ1) is 7.69. The van der Waals surface area contributed by atoms with Crippen LogP contribution in [-0.2, 0) is 9.53 Å². The van der Waals surface area contributed by atoms with Gasteiger partial charge in [0.2, 0.25) is 0 Å². The molecule has 5 heteroatoms. The van der Waals surface area contributed by atoms with E-state index in [0.29, 0.717) is 23.9 Å². The highest BCUT2D eigenvalue weighted by atomic mass is 35.5. The van der Waals surface area contributed by atoms with Crippen LogP contribution in [0.5, 0.6) is 0 Å². The van der Waals surface area contributed by atoms with Gasteiger partial charge < -0.3 is 10.1 Å².